The summed E-state index contributed by atoms with van der Waals surface area (Å²) in [5.74, 6) is 4.87. The summed E-state index contributed by atoms with van der Waals surface area (Å²) in [6.07, 6.45) is 2.66. The second-order valence-corrected chi connectivity index (χ2v) is 9.88. The molecule has 35 heavy (non-hydrogen) atoms. The highest BCUT2D eigenvalue weighted by atomic mass is 32.2. The van der Waals surface area contributed by atoms with Crippen molar-refractivity contribution in [3.05, 3.63) is 42.1 Å². The number of rotatable bonds is 9. The first-order valence-electron chi connectivity index (χ1n) is 10.7. The fourth-order valence-corrected chi connectivity index (χ4v) is 3.96. The lowest BCUT2D eigenvalue weighted by atomic mass is 10.1. The number of ether oxygens (including phenoxy) is 1. The summed E-state index contributed by atoms with van der Waals surface area (Å²) in [4.78, 5) is 21.1. The minimum Gasteiger partial charge on any atom is -0.390 e. The van der Waals surface area contributed by atoms with E-state index in [1.165, 1.54) is 12.5 Å². The van der Waals surface area contributed by atoms with E-state index in [1.54, 1.807) is 30.1 Å². The number of nitrogens with zero attached hydrogens (tertiary/aromatic N) is 3. The number of methoxy groups -OCH3 is 1. The van der Waals surface area contributed by atoms with Crippen LogP contribution in [0.25, 0.3) is 0 Å². The monoisotopic (exact) mass is 509 g/mol. The zero-order chi connectivity index (χ0) is 25.8. The number of anilines is 1. The lowest BCUT2D eigenvalue weighted by Gasteiger charge is -2.18. The van der Waals surface area contributed by atoms with Crippen LogP contribution in [0.5, 0.6) is 0 Å². The van der Waals surface area contributed by atoms with Gasteiger partial charge in [0.15, 0.2) is 5.78 Å². The molecular formula is C22H28FN5O6S. The summed E-state index contributed by atoms with van der Waals surface area (Å²) in [6.45, 7) is 3.57. The SMILES string of the molecule is COC(C)(C)C#CCn1ccc(C(=O)c2cncnc2N[C@@H]2C[C@H](COS(N)(=O)=O)[C@@H](O)[C@@H]2F)c1. The highest BCUT2D eigenvalue weighted by Gasteiger charge is 2.44. The molecule has 1 aliphatic rings. The largest absolute Gasteiger partial charge is 0.390 e. The van der Waals surface area contributed by atoms with Crippen molar-refractivity contribution in [3.63, 3.8) is 0 Å². The Kier molecular flexibility index (Phi) is 8.24. The van der Waals surface area contributed by atoms with Crippen molar-refractivity contribution in [2.75, 3.05) is 19.0 Å². The third kappa shape index (κ3) is 7.06. The molecule has 1 saturated carbocycles. The average Bonchev–Trinajstić information content (AvgIpc) is 3.37. The fraction of sp³-hybridized carbons (Fsp3) is 0.500. The number of aliphatic hydroxyl groups is 1. The molecule has 2 aromatic heterocycles. The molecule has 4 N–H and O–H groups in total. The Morgan fingerprint density at radius 2 is 2.20 bits per heavy atom. The molecule has 0 radical (unpaired) electrons. The van der Waals surface area contributed by atoms with E-state index in [0.717, 1.165) is 0 Å². The van der Waals surface area contributed by atoms with Crippen LogP contribution >= 0.6 is 0 Å². The summed E-state index contributed by atoms with van der Waals surface area (Å²) in [7, 11) is -2.65. The van der Waals surface area contributed by atoms with Crippen LogP contribution in [0, 0.1) is 17.8 Å². The number of aromatic nitrogens is 3. The molecule has 0 unspecified atom stereocenters. The number of nitrogens with two attached hydrogens (primary N) is 1. The molecule has 1 aliphatic carbocycles. The first-order chi connectivity index (χ1) is 16.4. The van der Waals surface area contributed by atoms with E-state index in [-0.39, 0.29) is 23.6 Å². The number of aliphatic hydroxyl groups excluding tert-OH is 1. The van der Waals surface area contributed by atoms with Crippen molar-refractivity contribution in [3.8, 4) is 11.8 Å². The molecule has 0 aromatic carbocycles. The summed E-state index contributed by atoms with van der Waals surface area (Å²) in [5.41, 5.74) is -0.111. The average molecular weight is 510 g/mol. The number of hydrogen-bond donors (Lipinski definition) is 3. The first-order valence-corrected chi connectivity index (χ1v) is 12.2. The third-order valence-corrected chi connectivity index (χ3v) is 6.11. The molecule has 1 fully saturated rings. The van der Waals surface area contributed by atoms with Crippen LogP contribution in [-0.4, -0.2) is 71.5 Å². The van der Waals surface area contributed by atoms with Gasteiger partial charge in [-0.15, -0.1) is 0 Å². The zero-order valence-corrected chi connectivity index (χ0v) is 20.3. The van der Waals surface area contributed by atoms with Crippen molar-refractivity contribution in [1.29, 1.82) is 0 Å². The quantitative estimate of drug-likeness (QED) is 0.326. The number of hydrogen-bond acceptors (Lipinski definition) is 9. The molecule has 2 heterocycles. The van der Waals surface area contributed by atoms with Gasteiger partial charge in [-0.05, 0) is 26.3 Å². The molecule has 4 atom stereocenters. The van der Waals surface area contributed by atoms with Crippen LogP contribution in [0.15, 0.2) is 31.0 Å². The summed E-state index contributed by atoms with van der Waals surface area (Å²) < 4.78 is 48.3. The summed E-state index contributed by atoms with van der Waals surface area (Å²) >= 11 is 0. The smallest absolute Gasteiger partial charge is 0.333 e. The number of alkyl halides is 1. The van der Waals surface area contributed by atoms with Crippen LogP contribution in [0.1, 0.15) is 36.2 Å². The van der Waals surface area contributed by atoms with Crippen LogP contribution in [0.4, 0.5) is 10.2 Å². The second-order valence-electron chi connectivity index (χ2n) is 8.66. The minimum atomic E-state index is -4.23. The number of ketones is 1. The van der Waals surface area contributed by atoms with Gasteiger partial charge in [-0.3, -0.25) is 8.98 Å². The van der Waals surface area contributed by atoms with Crippen molar-refractivity contribution in [1.82, 2.24) is 14.5 Å². The lowest BCUT2D eigenvalue weighted by Crippen LogP contribution is -2.33. The van der Waals surface area contributed by atoms with E-state index in [9.17, 15) is 22.7 Å². The molecule has 0 spiro atoms. The predicted molar refractivity (Wildman–Crippen MR) is 124 cm³/mol. The van der Waals surface area contributed by atoms with Gasteiger partial charge in [0, 0.05) is 37.2 Å². The molecule has 0 aliphatic heterocycles. The van der Waals surface area contributed by atoms with Gasteiger partial charge in [-0.2, -0.15) is 8.42 Å². The number of carbonyl (C=O) groups excluding carboxylic acids is 1. The maximum Gasteiger partial charge on any atom is 0.333 e. The van der Waals surface area contributed by atoms with Crippen molar-refractivity contribution in [2.24, 2.45) is 11.1 Å². The first kappa shape index (κ1) is 26.7. The highest BCUT2D eigenvalue weighted by molar-refractivity contribution is 7.84. The van der Waals surface area contributed by atoms with Crippen LogP contribution in [-0.2, 0) is 25.8 Å². The van der Waals surface area contributed by atoms with Gasteiger partial charge in [0.25, 0.3) is 0 Å². The van der Waals surface area contributed by atoms with Gasteiger partial charge in [0.2, 0.25) is 0 Å². The predicted octanol–water partition coefficient (Wildman–Crippen LogP) is 0.657. The Morgan fingerprint density at radius 1 is 1.46 bits per heavy atom. The lowest BCUT2D eigenvalue weighted by molar-refractivity contribution is 0.0501. The van der Waals surface area contributed by atoms with E-state index in [4.69, 9.17) is 9.88 Å². The Morgan fingerprint density at radius 3 is 2.89 bits per heavy atom. The molecule has 0 bridgehead atoms. The van der Waals surface area contributed by atoms with E-state index < -0.39 is 46.7 Å². The topological polar surface area (TPSA) is 159 Å². The maximum atomic E-state index is 14.7. The van der Waals surface area contributed by atoms with E-state index in [2.05, 4.69) is 31.3 Å². The molecule has 3 rings (SSSR count). The molecule has 190 valence electrons. The Hall–Kier alpha value is -2.89. The van der Waals surface area contributed by atoms with Gasteiger partial charge < -0.3 is 19.7 Å². The molecular weight excluding hydrogens is 481 g/mol. The van der Waals surface area contributed by atoms with Gasteiger partial charge in [-0.25, -0.2) is 19.5 Å². The van der Waals surface area contributed by atoms with Crippen LogP contribution < -0.4 is 10.5 Å². The zero-order valence-electron chi connectivity index (χ0n) is 19.5. The van der Waals surface area contributed by atoms with Gasteiger partial charge in [0.1, 0.15) is 23.9 Å². The highest BCUT2D eigenvalue weighted by Crippen LogP contribution is 2.32. The molecule has 2 aromatic rings. The minimum absolute atomic E-state index is 0.0301. The number of nitrogens with one attached hydrogen (secondary N) is 1. The molecule has 11 nitrogen and oxygen atoms in total. The molecule has 0 saturated heterocycles. The van der Waals surface area contributed by atoms with Crippen LogP contribution in [0.3, 0.4) is 0 Å². The van der Waals surface area contributed by atoms with Crippen molar-refractivity contribution < 1.29 is 31.6 Å². The van der Waals surface area contributed by atoms with Gasteiger partial charge in [0.05, 0.1) is 30.9 Å². The third-order valence-electron chi connectivity index (χ3n) is 5.65. The van der Waals surface area contributed by atoms with Crippen molar-refractivity contribution >= 4 is 21.9 Å². The molecule has 13 heteroatoms. The maximum absolute atomic E-state index is 14.7. The Labute approximate surface area is 203 Å². The fourth-order valence-electron chi connectivity index (χ4n) is 3.59. The summed E-state index contributed by atoms with van der Waals surface area (Å²) in [5, 5.41) is 17.8. The molecule has 0 amide bonds. The summed E-state index contributed by atoms with van der Waals surface area (Å²) in [6, 6.07) is 0.685. The Balaban J connectivity index is 1.72. The second kappa shape index (κ2) is 10.8. The van der Waals surface area contributed by atoms with Gasteiger partial charge in [-0.1, -0.05) is 11.8 Å². The van der Waals surface area contributed by atoms with Gasteiger partial charge >= 0.3 is 10.3 Å². The standard InChI is InChI=1S/C22H28FN5O6S/c1-22(2,33-3)6-4-7-28-8-5-14(11-28)19(29)16-10-25-13-26-21(16)27-17-9-15(20(30)18(17)23)12-34-35(24,31)32/h5,8,10-11,13,15,17-18,20,30H,7,9,12H2,1-3H3,(H2,24,31,32)(H,25,26,27)/t15-,17-,18-,20-/m1/s1. The van der Waals surface area contributed by atoms with Crippen molar-refractivity contribution in [2.45, 2.75) is 50.7 Å². The van der Waals surface area contributed by atoms with E-state index >= 15 is 0 Å². The van der Waals surface area contributed by atoms with Crippen LogP contribution in [0.2, 0.25) is 0 Å². The number of carbonyl (C=O) groups is 1. The Bertz CT molecular complexity index is 1220. The van der Waals surface area contributed by atoms with E-state index in [1.807, 2.05) is 13.8 Å². The van der Waals surface area contributed by atoms with E-state index in [0.29, 0.717) is 12.1 Å². The number of halogens is 1. The normalized spacial score (nSPS) is 22.5.